The molecule has 7 nitrogen and oxygen atoms in total. The van der Waals surface area contributed by atoms with Gasteiger partial charge in [-0.3, -0.25) is 9.59 Å². The highest BCUT2D eigenvalue weighted by Crippen LogP contribution is 2.28. The lowest BCUT2D eigenvalue weighted by molar-refractivity contribution is 0.0950. The number of hydrogen-bond donors (Lipinski definition) is 2. The molecule has 5 rings (SSSR count). The number of para-hydroxylation sites is 1. The molecule has 4 aromatic rings. The third-order valence-corrected chi connectivity index (χ3v) is 5.64. The number of nitrogens with zero attached hydrogens (tertiary/aromatic N) is 2. The maximum Gasteiger partial charge on any atom is 0.259 e. The minimum absolute atomic E-state index is 0.0928. The van der Waals surface area contributed by atoms with E-state index >= 15 is 0 Å². The molecule has 0 bridgehead atoms. The van der Waals surface area contributed by atoms with Crippen LogP contribution in [-0.4, -0.2) is 34.7 Å². The van der Waals surface area contributed by atoms with E-state index in [1.165, 1.54) is 0 Å². The molecule has 1 aromatic heterocycles. The number of carbonyl (C=O) groups is 2. The fourth-order valence-electron chi connectivity index (χ4n) is 3.64. The maximum atomic E-state index is 13.3. The molecule has 0 spiro atoms. The summed E-state index contributed by atoms with van der Waals surface area (Å²) in [5, 5.41) is 10.6. The number of nitrogens with one attached hydrogen (secondary N) is 2. The quantitative estimate of drug-likeness (QED) is 0.426. The van der Waals surface area contributed by atoms with Crippen LogP contribution in [0.1, 0.15) is 33.6 Å². The summed E-state index contributed by atoms with van der Waals surface area (Å²) < 4.78 is 7.04. The predicted molar refractivity (Wildman–Crippen MR) is 130 cm³/mol. The van der Waals surface area contributed by atoms with Crippen LogP contribution >= 0.6 is 0 Å². The van der Waals surface area contributed by atoms with Crippen molar-refractivity contribution in [2.75, 3.05) is 12.4 Å². The highest BCUT2D eigenvalue weighted by Gasteiger charge is 2.24. The van der Waals surface area contributed by atoms with E-state index in [4.69, 9.17) is 9.84 Å². The monoisotopic (exact) mass is 452 g/mol. The lowest BCUT2D eigenvalue weighted by atomic mass is 10.1. The third-order valence-electron chi connectivity index (χ3n) is 5.64. The van der Waals surface area contributed by atoms with E-state index in [-0.39, 0.29) is 11.8 Å². The largest absolute Gasteiger partial charge is 0.497 e. The smallest absolute Gasteiger partial charge is 0.259 e. The molecule has 1 aliphatic rings. The Morgan fingerprint density at radius 3 is 2.41 bits per heavy atom. The Morgan fingerprint density at radius 1 is 0.941 bits per heavy atom. The van der Waals surface area contributed by atoms with E-state index < -0.39 is 0 Å². The first-order valence-electron chi connectivity index (χ1n) is 11.1. The molecule has 34 heavy (non-hydrogen) atoms. The van der Waals surface area contributed by atoms with Crippen LogP contribution in [0.3, 0.4) is 0 Å². The van der Waals surface area contributed by atoms with E-state index in [9.17, 15) is 9.59 Å². The van der Waals surface area contributed by atoms with Crippen LogP contribution in [0, 0.1) is 0 Å². The first-order valence-corrected chi connectivity index (χ1v) is 11.1. The molecule has 1 heterocycles. The number of ether oxygens (including phenoxy) is 1. The van der Waals surface area contributed by atoms with Gasteiger partial charge in [0.2, 0.25) is 0 Å². The molecule has 0 unspecified atom stereocenters. The fourth-order valence-corrected chi connectivity index (χ4v) is 3.64. The highest BCUT2D eigenvalue weighted by molar-refractivity contribution is 6.08. The zero-order valence-corrected chi connectivity index (χ0v) is 18.7. The average Bonchev–Trinajstić information content (AvgIpc) is 3.58. The Balaban J connectivity index is 1.43. The van der Waals surface area contributed by atoms with Crippen LogP contribution < -0.4 is 15.4 Å². The van der Waals surface area contributed by atoms with Crippen molar-refractivity contribution in [1.82, 2.24) is 15.1 Å². The van der Waals surface area contributed by atoms with Crippen molar-refractivity contribution in [3.05, 3.63) is 96.2 Å². The standard InChI is InChI=1S/C27H24N4O3/c1-34-23-9-5-6-19(16-23)25-24(17-31(30-25)22-7-3-2-4-8-22)27(33)29-20-12-10-18(11-13-20)26(32)28-21-14-15-21/h2-13,16-17,21H,14-15H2,1H3,(H,28,32)(H,29,33). The summed E-state index contributed by atoms with van der Waals surface area (Å²) in [4.78, 5) is 25.5. The molecule has 2 amide bonds. The van der Waals surface area contributed by atoms with E-state index in [1.54, 1.807) is 42.3 Å². The van der Waals surface area contributed by atoms with Crippen molar-refractivity contribution in [2.24, 2.45) is 0 Å². The molecule has 0 radical (unpaired) electrons. The Bertz CT molecular complexity index is 1330. The zero-order valence-electron chi connectivity index (χ0n) is 18.7. The number of hydrogen-bond acceptors (Lipinski definition) is 4. The first kappa shape index (κ1) is 21.5. The van der Waals surface area contributed by atoms with Gasteiger partial charge in [-0.15, -0.1) is 0 Å². The second-order valence-corrected chi connectivity index (χ2v) is 8.18. The molecule has 0 saturated heterocycles. The van der Waals surface area contributed by atoms with Crippen LogP contribution in [0.5, 0.6) is 5.75 Å². The van der Waals surface area contributed by atoms with Gasteiger partial charge < -0.3 is 15.4 Å². The summed E-state index contributed by atoms with van der Waals surface area (Å²) in [5.74, 6) is 0.290. The van der Waals surface area contributed by atoms with Gasteiger partial charge in [-0.2, -0.15) is 5.10 Å². The Hall–Kier alpha value is -4.39. The fraction of sp³-hybridized carbons (Fsp3) is 0.148. The minimum Gasteiger partial charge on any atom is -0.497 e. The van der Waals surface area contributed by atoms with Crippen LogP contribution in [0.25, 0.3) is 16.9 Å². The molecule has 2 N–H and O–H groups in total. The van der Waals surface area contributed by atoms with Crippen molar-refractivity contribution in [3.8, 4) is 22.7 Å². The van der Waals surface area contributed by atoms with Gasteiger partial charge >= 0.3 is 0 Å². The summed E-state index contributed by atoms with van der Waals surface area (Å²) in [6.45, 7) is 0. The van der Waals surface area contributed by atoms with E-state index in [1.807, 2.05) is 54.6 Å². The summed E-state index contributed by atoms with van der Waals surface area (Å²) in [6, 6.07) is 24.2. The first-order chi connectivity index (χ1) is 16.6. The van der Waals surface area contributed by atoms with Crippen molar-refractivity contribution < 1.29 is 14.3 Å². The molecular formula is C27H24N4O3. The Morgan fingerprint density at radius 2 is 1.71 bits per heavy atom. The molecule has 3 aromatic carbocycles. The number of anilines is 1. The second kappa shape index (κ2) is 9.23. The van der Waals surface area contributed by atoms with Crippen LogP contribution in [0.15, 0.2) is 85.1 Å². The summed E-state index contributed by atoms with van der Waals surface area (Å²) in [5.41, 5.74) is 3.74. The van der Waals surface area contributed by atoms with E-state index in [0.717, 1.165) is 24.1 Å². The molecule has 1 aliphatic carbocycles. The Labute approximate surface area is 197 Å². The number of carbonyl (C=O) groups excluding carboxylic acids is 2. The molecule has 0 aliphatic heterocycles. The SMILES string of the molecule is COc1cccc(-c2nn(-c3ccccc3)cc2C(=O)Nc2ccc(C(=O)NC3CC3)cc2)c1. The number of benzene rings is 3. The minimum atomic E-state index is -0.296. The van der Waals surface area contributed by atoms with E-state index in [2.05, 4.69) is 10.6 Å². The van der Waals surface area contributed by atoms with Gasteiger partial charge in [0.1, 0.15) is 11.4 Å². The van der Waals surface area contributed by atoms with Gasteiger partial charge in [-0.1, -0.05) is 30.3 Å². The summed E-state index contributed by atoms with van der Waals surface area (Å²) in [6.07, 6.45) is 3.79. The predicted octanol–water partition coefficient (Wildman–Crippen LogP) is 4.69. The van der Waals surface area contributed by atoms with Gasteiger partial charge in [0.25, 0.3) is 11.8 Å². The molecular weight excluding hydrogens is 428 g/mol. The second-order valence-electron chi connectivity index (χ2n) is 8.18. The highest BCUT2D eigenvalue weighted by atomic mass is 16.5. The number of aromatic nitrogens is 2. The average molecular weight is 453 g/mol. The molecule has 0 atom stereocenters. The van der Waals surface area contributed by atoms with Crippen molar-refractivity contribution in [2.45, 2.75) is 18.9 Å². The molecule has 1 saturated carbocycles. The van der Waals surface area contributed by atoms with Crippen LogP contribution in [0.4, 0.5) is 5.69 Å². The number of amides is 2. The van der Waals surface area contributed by atoms with Gasteiger partial charge in [0.05, 0.1) is 18.4 Å². The van der Waals surface area contributed by atoms with Crippen molar-refractivity contribution in [3.63, 3.8) is 0 Å². The van der Waals surface area contributed by atoms with Gasteiger partial charge in [-0.25, -0.2) is 4.68 Å². The summed E-state index contributed by atoms with van der Waals surface area (Å²) in [7, 11) is 1.60. The lowest BCUT2D eigenvalue weighted by Crippen LogP contribution is -2.25. The normalized spacial score (nSPS) is 12.7. The van der Waals surface area contributed by atoms with E-state index in [0.29, 0.717) is 34.3 Å². The Kier molecular flexibility index (Phi) is 5.82. The topological polar surface area (TPSA) is 85.2 Å². The van der Waals surface area contributed by atoms with Gasteiger partial charge in [0.15, 0.2) is 0 Å². The summed E-state index contributed by atoms with van der Waals surface area (Å²) >= 11 is 0. The number of rotatable bonds is 7. The van der Waals surface area contributed by atoms with Crippen molar-refractivity contribution >= 4 is 17.5 Å². The number of methoxy groups -OCH3 is 1. The maximum absolute atomic E-state index is 13.3. The zero-order chi connectivity index (χ0) is 23.5. The molecule has 7 heteroatoms. The third kappa shape index (κ3) is 4.68. The molecule has 1 fully saturated rings. The van der Waals surface area contributed by atoms with Crippen LogP contribution in [0.2, 0.25) is 0 Å². The lowest BCUT2D eigenvalue weighted by Gasteiger charge is -2.08. The van der Waals surface area contributed by atoms with Crippen molar-refractivity contribution in [1.29, 1.82) is 0 Å². The van der Waals surface area contributed by atoms with Gasteiger partial charge in [0, 0.05) is 29.1 Å². The molecule has 170 valence electrons. The van der Waals surface area contributed by atoms with Gasteiger partial charge in [-0.05, 0) is 61.4 Å². The van der Waals surface area contributed by atoms with Crippen LogP contribution in [-0.2, 0) is 0 Å².